The lowest BCUT2D eigenvalue weighted by Crippen LogP contribution is -2.42. The molecule has 0 aromatic heterocycles. The molecule has 1 amide bonds. The van der Waals surface area contributed by atoms with E-state index in [1.165, 1.54) is 0 Å². The van der Waals surface area contributed by atoms with Crippen molar-refractivity contribution in [1.29, 1.82) is 0 Å². The first-order valence-electron chi connectivity index (χ1n) is 5.95. The van der Waals surface area contributed by atoms with Gasteiger partial charge in [-0.05, 0) is 49.6 Å². The van der Waals surface area contributed by atoms with Crippen LogP contribution in [0.5, 0.6) is 0 Å². The van der Waals surface area contributed by atoms with Crippen LogP contribution in [0.2, 0.25) is 5.02 Å². The third kappa shape index (κ3) is 2.99. The van der Waals surface area contributed by atoms with Gasteiger partial charge in [-0.15, -0.1) is 0 Å². The molecule has 3 nitrogen and oxygen atoms in total. The molecule has 1 aliphatic heterocycles. The van der Waals surface area contributed by atoms with Crippen LogP contribution in [0.1, 0.15) is 23.2 Å². The first kappa shape index (κ1) is 12.4. The minimum atomic E-state index is 0.0832. The molecule has 0 bridgehead atoms. The minimum absolute atomic E-state index is 0.0832. The number of rotatable bonds is 2. The van der Waals surface area contributed by atoms with Crippen LogP contribution in [0.3, 0.4) is 0 Å². The van der Waals surface area contributed by atoms with E-state index in [0.29, 0.717) is 23.0 Å². The zero-order valence-corrected chi connectivity index (χ0v) is 10.5. The van der Waals surface area contributed by atoms with Crippen LogP contribution in [0.15, 0.2) is 24.3 Å². The summed E-state index contributed by atoms with van der Waals surface area (Å²) in [6.45, 7) is 2.26. The minimum Gasteiger partial charge on any atom is -0.338 e. The monoisotopic (exact) mass is 252 g/mol. The highest BCUT2D eigenvalue weighted by Crippen LogP contribution is 2.18. The van der Waals surface area contributed by atoms with Gasteiger partial charge >= 0.3 is 0 Å². The Balaban J connectivity index is 2.06. The summed E-state index contributed by atoms with van der Waals surface area (Å²) in [7, 11) is 0. The third-order valence-electron chi connectivity index (χ3n) is 3.23. The zero-order chi connectivity index (χ0) is 12.3. The van der Waals surface area contributed by atoms with Gasteiger partial charge in [0, 0.05) is 23.7 Å². The highest BCUT2D eigenvalue weighted by atomic mass is 35.5. The molecule has 0 saturated carbocycles. The van der Waals surface area contributed by atoms with Crippen molar-refractivity contribution in [2.24, 2.45) is 11.7 Å². The molecule has 1 aliphatic rings. The summed E-state index contributed by atoms with van der Waals surface area (Å²) >= 11 is 5.81. The second-order valence-corrected chi connectivity index (χ2v) is 4.94. The van der Waals surface area contributed by atoms with E-state index in [-0.39, 0.29) is 5.91 Å². The van der Waals surface area contributed by atoms with Gasteiger partial charge in [0.05, 0.1) is 0 Å². The van der Waals surface area contributed by atoms with Crippen molar-refractivity contribution in [3.63, 3.8) is 0 Å². The second kappa shape index (κ2) is 5.52. The Morgan fingerprint density at radius 1 is 1.41 bits per heavy atom. The predicted octanol–water partition coefficient (Wildman–Crippen LogP) is 2.15. The van der Waals surface area contributed by atoms with Crippen LogP contribution in [0, 0.1) is 5.92 Å². The van der Waals surface area contributed by atoms with E-state index in [0.717, 1.165) is 25.9 Å². The first-order valence-corrected chi connectivity index (χ1v) is 6.33. The summed E-state index contributed by atoms with van der Waals surface area (Å²) in [5.41, 5.74) is 6.37. The number of amides is 1. The Bertz CT molecular complexity index is 391. The fraction of sp³-hybridized carbons (Fsp3) is 0.462. The van der Waals surface area contributed by atoms with Gasteiger partial charge in [0.1, 0.15) is 0 Å². The van der Waals surface area contributed by atoms with Gasteiger partial charge in [-0.2, -0.15) is 0 Å². The number of nitrogens with two attached hydrogens (primary N) is 1. The van der Waals surface area contributed by atoms with Crippen molar-refractivity contribution < 1.29 is 4.79 Å². The molecular weight excluding hydrogens is 236 g/mol. The summed E-state index contributed by atoms with van der Waals surface area (Å²) in [4.78, 5) is 14.1. The smallest absolute Gasteiger partial charge is 0.253 e. The molecule has 1 aromatic rings. The third-order valence-corrected chi connectivity index (χ3v) is 3.48. The van der Waals surface area contributed by atoms with E-state index in [1.54, 1.807) is 24.3 Å². The first-order chi connectivity index (χ1) is 8.20. The summed E-state index contributed by atoms with van der Waals surface area (Å²) in [6, 6.07) is 7.05. The maximum absolute atomic E-state index is 12.2. The van der Waals surface area contributed by atoms with Gasteiger partial charge in [-0.1, -0.05) is 11.6 Å². The van der Waals surface area contributed by atoms with Crippen molar-refractivity contribution >= 4 is 17.5 Å². The fourth-order valence-electron chi connectivity index (χ4n) is 2.22. The van der Waals surface area contributed by atoms with Crippen molar-refractivity contribution in [3.8, 4) is 0 Å². The molecule has 2 N–H and O–H groups in total. The molecule has 17 heavy (non-hydrogen) atoms. The lowest BCUT2D eigenvalue weighted by Gasteiger charge is -2.32. The average Bonchev–Trinajstić information content (AvgIpc) is 2.39. The average molecular weight is 253 g/mol. The molecule has 0 spiro atoms. The van der Waals surface area contributed by atoms with E-state index in [9.17, 15) is 4.79 Å². The lowest BCUT2D eigenvalue weighted by atomic mass is 9.97. The number of benzene rings is 1. The number of likely N-dealkylation sites (tertiary alicyclic amines) is 1. The predicted molar refractivity (Wildman–Crippen MR) is 69.1 cm³/mol. The van der Waals surface area contributed by atoms with E-state index in [1.807, 2.05) is 4.90 Å². The number of carbonyl (C=O) groups is 1. The maximum atomic E-state index is 12.2. The van der Waals surface area contributed by atoms with Crippen molar-refractivity contribution in [1.82, 2.24) is 4.90 Å². The van der Waals surface area contributed by atoms with Gasteiger partial charge in [-0.25, -0.2) is 0 Å². The standard InChI is InChI=1S/C13H17ClN2O/c14-12-5-3-11(4-6-12)13(17)16-7-1-2-10(8-15)9-16/h3-6,10H,1-2,7-9,15H2. The number of carbonyl (C=O) groups excluding carboxylic acids is 1. The summed E-state index contributed by atoms with van der Waals surface area (Å²) in [5, 5.41) is 0.653. The Morgan fingerprint density at radius 2 is 2.12 bits per heavy atom. The Hall–Kier alpha value is -1.06. The van der Waals surface area contributed by atoms with Crippen LogP contribution >= 0.6 is 11.6 Å². The normalized spacial score (nSPS) is 20.4. The molecule has 2 rings (SSSR count). The topological polar surface area (TPSA) is 46.3 Å². The zero-order valence-electron chi connectivity index (χ0n) is 9.73. The Kier molecular flexibility index (Phi) is 4.02. The fourth-order valence-corrected chi connectivity index (χ4v) is 2.34. The molecule has 1 atom stereocenters. The maximum Gasteiger partial charge on any atom is 0.253 e. The highest BCUT2D eigenvalue weighted by molar-refractivity contribution is 6.30. The quantitative estimate of drug-likeness (QED) is 0.877. The van der Waals surface area contributed by atoms with Crippen LogP contribution in [-0.2, 0) is 0 Å². The molecule has 1 saturated heterocycles. The van der Waals surface area contributed by atoms with Gasteiger partial charge in [-0.3, -0.25) is 4.79 Å². The largest absolute Gasteiger partial charge is 0.338 e. The van der Waals surface area contributed by atoms with Gasteiger partial charge in [0.25, 0.3) is 5.91 Å². The molecule has 92 valence electrons. The van der Waals surface area contributed by atoms with Crippen molar-refractivity contribution in [2.75, 3.05) is 19.6 Å². The van der Waals surface area contributed by atoms with E-state index in [4.69, 9.17) is 17.3 Å². The van der Waals surface area contributed by atoms with Crippen molar-refractivity contribution in [2.45, 2.75) is 12.8 Å². The molecular formula is C13H17ClN2O. The molecule has 1 aromatic carbocycles. The van der Waals surface area contributed by atoms with Crippen molar-refractivity contribution in [3.05, 3.63) is 34.9 Å². The number of nitrogens with zero attached hydrogens (tertiary/aromatic N) is 1. The SMILES string of the molecule is NCC1CCCN(C(=O)c2ccc(Cl)cc2)C1. The molecule has 0 radical (unpaired) electrons. The number of piperidine rings is 1. The van der Waals surface area contributed by atoms with Gasteiger partial charge < -0.3 is 10.6 Å². The lowest BCUT2D eigenvalue weighted by molar-refractivity contribution is 0.0678. The molecule has 4 heteroatoms. The van der Waals surface area contributed by atoms with Crippen LogP contribution in [-0.4, -0.2) is 30.4 Å². The molecule has 1 fully saturated rings. The summed E-state index contributed by atoms with van der Waals surface area (Å²) in [6.07, 6.45) is 2.17. The Labute approximate surface area is 107 Å². The highest BCUT2D eigenvalue weighted by Gasteiger charge is 2.23. The van der Waals surface area contributed by atoms with Gasteiger partial charge in [0.15, 0.2) is 0 Å². The molecule has 0 aliphatic carbocycles. The van der Waals surface area contributed by atoms with Crippen LogP contribution < -0.4 is 5.73 Å². The summed E-state index contributed by atoms with van der Waals surface area (Å²) < 4.78 is 0. The second-order valence-electron chi connectivity index (χ2n) is 4.50. The molecule has 1 heterocycles. The summed E-state index contributed by atoms with van der Waals surface area (Å²) in [5.74, 6) is 0.528. The van der Waals surface area contributed by atoms with E-state index < -0.39 is 0 Å². The number of hydrogen-bond donors (Lipinski definition) is 1. The Morgan fingerprint density at radius 3 is 2.76 bits per heavy atom. The van der Waals surface area contributed by atoms with E-state index >= 15 is 0 Å². The number of hydrogen-bond acceptors (Lipinski definition) is 2. The molecule has 1 unspecified atom stereocenters. The number of halogens is 1. The van der Waals surface area contributed by atoms with Crippen LogP contribution in [0.4, 0.5) is 0 Å². The van der Waals surface area contributed by atoms with E-state index in [2.05, 4.69) is 0 Å². The van der Waals surface area contributed by atoms with Crippen LogP contribution in [0.25, 0.3) is 0 Å². The van der Waals surface area contributed by atoms with Gasteiger partial charge in [0.2, 0.25) is 0 Å².